The van der Waals surface area contributed by atoms with Gasteiger partial charge in [0.25, 0.3) is 0 Å². The second-order valence-electron chi connectivity index (χ2n) is 5.98. The number of amides is 1. The number of hydrogen-bond acceptors (Lipinski definition) is 3. The number of hydrogen-bond donors (Lipinski definition) is 1. The van der Waals surface area contributed by atoms with Crippen LogP contribution in [0.3, 0.4) is 0 Å². The summed E-state index contributed by atoms with van der Waals surface area (Å²) in [6.07, 6.45) is 0.893. The van der Waals surface area contributed by atoms with E-state index >= 15 is 0 Å². The highest BCUT2D eigenvalue weighted by atomic mass is 35.5. The molecule has 1 amide bonds. The van der Waals surface area contributed by atoms with Gasteiger partial charge in [-0.05, 0) is 30.5 Å². The molecule has 2 N–H and O–H groups in total. The van der Waals surface area contributed by atoms with Crippen LogP contribution in [0, 0.1) is 17.0 Å². The van der Waals surface area contributed by atoms with E-state index in [1.165, 1.54) is 6.07 Å². The zero-order valence-electron chi connectivity index (χ0n) is 14.1. The molecule has 0 saturated carbocycles. The Morgan fingerprint density at radius 2 is 2.00 bits per heavy atom. The minimum atomic E-state index is -0.909. The molecular weight excluding hydrogens is 338 g/mol. The highest BCUT2D eigenvalue weighted by Crippen LogP contribution is 2.31. The molecule has 2 rings (SSSR count). The van der Waals surface area contributed by atoms with E-state index in [1.54, 1.807) is 4.90 Å². The zero-order valence-corrected chi connectivity index (χ0v) is 14.9. The molecule has 1 saturated heterocycles. The van der Waals surface area contributed by atoms with Gasteiger partial charge in [-0.25, -0.2) is 8.78 Å². The van der Waals surface area contributed by atoms with Crippen LogP contribution in [0.4, 0.5) is 8.78 Å². The predicted molar refractivity (Wildman–Crippen MR) is 90.9 cm³/mol. The molecule has 0 aliphatic carbocycles. The summed E-state index contributed by atoms with van der Waals surface area (Å²) >= 11 is 0. The summed E-state index contributed by atoms with van der Waals surface area (Å²) in [5, 5.41) is 0. The van der Waals surface area contributed by atoms with Crippen LogP contribution in [-0.4, -0.2) is 37.0 Å². The molecule has 1 aliphatic heterocycles. The van der Waals surface area contributed by atoms with Gasteiger partial charge in [0, 0.05) is 13.1 Å². The van der Waals surface area contributed by atoms with E-state index < -0.39 is 23.2 Å². The van der Waals surface area contributed by atoms with E-state index in [0.717, 1.165) is 12.1 Å². The topological polar surface area (TPSA) is 55.6 Å². The predicted octanol–water partition coefficient (Wildman–Crippen LogP) is 3.05. The summed E-state index contributed by atoms with van der Waals surface area (Å²) in [7, 11) is 0. The highest BCUT2D eigenvalue weighted by Gasteiger charge is 2.38. The maximum Gasteiger partial charge on any atom is 0.230 e. The highest BCUT2D eigenvalue weighted by molar-refractivity contribution is 5.85. The molecule has 0 bridgehead atoms. The van der Waals surface area contributed by atoms with E-state index in [-0.39, 0.29) is 18.3 Å². The van der Waals surface area contributed by atoms with Crippen LogP contribution < -0.4 is 5.73 Å². The number of halogens is 3. The first-order valence-corrected chi connectivity index (χ1v) is 8.03. The average Bonchev–Trinajstić information content (AvgIpc) is 2.59. The number of rotatable bonds is 5. The molecule has 1 heterocycles. The molecular formula is C17H25ClF2N2O2. The Bertz CT molecular complexity index is 559. The van der Waals surface area contributed by atoms with Crippen molar-refractivity contribution < 1.29 is 18.3 Å². The zero-order chi connectivity index (χ0) is 17.0. The molecule has 1 aliphatic rings. The molecule has 0 spiro atoms. The smallest absolute Gasteiger partial charge is 0.230 e. The summed E-state index contributed by atoms with van der Waals surface area (Å²) in [5.74, 6) is -1.79. The first-order chi connectivity index (χ1) is 11.0. The van der Waals surface area contributed by atoms with Crippen molar-refractivity contribution in [3.05, 3.63) is 35.4 Å². The monoisotopic (exact) mass is 362 g/mol. The van der Waals surface area contributed by atoms with Gasteiger partial charge in [-0.1, -0.05) is 19.9 Å². The molecule has 1 aromatic rings. The van der Waals surface area contributed by atoms with Crippen molar-refractivity contribution in [1.82, 2.24) is 4.90 Å². The lowest BCUT2D eigenvalue weighted by molar-refractivity contribution is -0.150. The Morgan fingerprint density at radius 3 is 2.54 bits per heavy atom. The van der Waals surface area contributed by atoms with Gasteiger partial charge < -0.3 is 15.4 Å². The van der Waals surface area contributed by atoms with Gasteiger partial charge in [-0.3, -0.25) is 4.79 Å². The molecule has 4 nitrogen and oxygen atoms in total. The maximum atomic E-state index is 13.4. The van der Waals surface area contributed by atoms with Gasteiger partial charge in [0.15, 0.2) is 11.6 Å². The van der Waals surface area contributed by atoms with Crippen LogP contribution in [-0.2, 0) is 9.53 Å². The number of benzene rings is 1. The van der Waals surface area contributed by atoms with Gasteiger partial charge in [-0.15, -0.1) is 12.4 Å². The summed E-state index contributed by atoms with van der Waals surface area (Å²) in [4.78, 5) is 14.6. The number of morpholine rings is 1. The van der Waals surface area contributed by atoms with E-state index in [0.29, 0.717) is 44.6 Å². The van der Waals surface area contributed by atoms with Gasteiger partial charge in [-0.2, -0.15) is 0 Å². The molecule has 1 unspecified atom stereocenters. The molecule has 7 heteroatoms. The van der Waals surface area contributed by atoms with Crippen molar-refractivity contribution in [3.63, 3.8) is 0 Å². The summed E-state index contributed by atoms with van der Waals surface area (Å²) in [6.45, 7) is 5.39. The van der Waals surface area contributed by atoms with Crippen LogP contribution in [0.25, 0.3) is 0 Å². The minimum Gasteiger partial charge on any atom is -0.370 e. The number of ether oxygens (including phenoxy) is 1. The second kappa shape index (κ2) is 8.74. The van der Waals surface area contributed by atoms with E-state index in [2.05, 4.69) is 0 Å². The Morgan fingerprint density at radius 1 is 1.33 bits per heavy atom. The average molecular weight is 363 g/mol. The Hall–Kier alpha value is -1.24. The lowest BCUT2D eigenvalue weighted by atomic mass is 9.80. The lowest BCUT2D eigenvalue weighted by Gasteiger charge is -2.39. The number of carbonyl (C=O) groups excluding carboxylic acids is 1. The molecule has 1 atom stereocenters. The van der Waals surface area contributed by atoms with Crippen molar-refractivity contribution in [2.75, 3.05) is 26.2 Å². The first-order valence-electron chi connectivity index (χ1n) is 8.03. The summed E-state index contributed by atoms with van der Waals surface area (Å²) in [5.41, 5.74) is 5.82. The SMILES string of the molecule is CCC(CC)(CN)C(=O)N1CCOC(c2ccc(F)c(F)c2)C1.Cl. The van der Waals surface area contributed by atoms with E-state index in [4.69, 9.17) is 10.5 Å². The standard InChI is InChI=1S/C17H24F2N2O2.ClH/c1-3-17(4-2,11-20)16(22)21-7-8-23-15(10-21)12-5-6-13(18)14(19)9-12;/h5-6,9,15H,3-4,7-8,10-11,20H2,1-2H3;1H. The normalized spacial score (nSPS) is 18.2. The first kappa shape index (κ1) is 20.8. The fourth-order valence-electron chi connectivity index (χ4n) is 3.01. The Labute approximate surface area is 147 Å². The van der Waals surface area contributed by atoms with Crippen LogP contribution in [0.5, 0.6) is 0 Å². The van der Waals surface area contributed by atoms with Crippen LogP contribution in [0.15, 0.2) is 18.2 Å². The summed E-state index contributed by atoms with van der Waals surface area (Å²) in [6, 6.07) is 3.70. The fourth-order valence-corrected chi connectivity index (χ4v) is 3.01. The minimum absolute atomic E-state index is 0. The molecule has 0 aromatic heterocycles. The van der Waals surface area contributed by atoms with Crippen molar-refractivity contribution in [1.29, 1.82) is 0 Å². The Balaban J connectivity index is 0.00000288. The number of nitrogens with zero attached hydrogens (tertiary/aromatic N) is 1. The molecule has 1 fully saturated rings. The van der Waals surface area contributed by atoms with Crippen LogP contribution >= 0.6 is 12.4 Å². The lowest BCUT2D eigenvalue weighted by Crippen LogP contribution is -2.51. The second-order valence-corrected chi connectivity index (χ2v) is 5.98. The van der Waals surface area contributed by atoms with Crippen LogP contribution in [0.2, 0.25) is 0 Å². The van der Waals surface area contributed by atoms with E-state index in [9.17, 15) is 13.6 Å². The third-order valence-electron chi connectivity index (χ3n) is 4.87. The number of carbonyl (C=O) groups is 1. The van der Waals surface area contributed by atoms with Crippen LogP contribution in [0.1, 0.15) is 38.4 Å². The maximum absolute atomic E-state index is 13.4. The third-order valence-corrected chi connectivity index (χ3v) is 4.87. The summed E-state index contributed by atoms with van der Waals surface area (Å²) < 4.78 is 32.1. The van der Waals surface area contributed by atoms with Crippen molar-refractivity contribution in [2.45, 2.75) is 32.8 Å². The largest absolute Gasteiger partial charge is 0.370 e. The molecule has 136 valence electrons. The van der Waals surface area contributed by atoms with Crippen molar-refractivity contribution in [3.8, 4) is 0 Å². The van der Waals surface area contributed by atoms with Crippen molar-refractivity contribution in [2.24, 2.45) is 11.1 Å². The van der Waals surface area contributed by atoms with Gasteiger partial charge in [0.2, 0.25) is 5.91 Å². The van der Waals surface area contributed by atoms with Gasteiger partial charge in [0.1, 0.15) is 6.10 Å². The number of nitrogens with two attached hydrogens (primary N) is 1. The van der Waals surface area contributed by atoms with E-state index in [1.807, 2.05) is 13.8 Å². The fraction of sp³-hybridized carbons (Fsp3) is 0.588. The quantitative estimate of drug-likeness (QED) is 0.875. The molecule has 0 radical (unpaired) electrons. The van der Waals surface area contributed by atoms with Gasteiger partial charge >= 0.3 is 0 Å². The molecule has 24 heavy (non-hydrogen) atoms. The Kier molecular flexibility index (Phi) is 7.57. The molecule has 1 aromatic carbocycles. The third kappa shape index (κ3) is 4.05. The van der Waals surface area contributed by atoms with Crippen molar-refractivity contribution >= 4 is 18.3 Å². The van der Waals surface area contributed by atoms with Gasteiger partial charge in [0.05, 0.1) is 18.6 Å².